The molecule has 0 bridgehead atoms. The molecule has 0 spiro atoms. The highest BCUT2D eigenvalue weighted by Gasteiger charge is 2.28. The molecule has 1 aliphatic carbocycles. The van der Waals surface area contributed by atoms with Crippen molar-refractivity contribution in [1.29, 1.82) is 0 Å². The molecular formula is C14H20BrN. The standard InChI is InChI=1S/C14H20BrN/c1-10-5-4-7-12(10)14(16)9-11-6-2-3-8-13(11)15/h2-3,6,8,10,12,14H,4-5,7,9,16H2,1H3. The van der Waals surface area contributed by atoms with E-state index < -0.39 is 0 Å². The van der Waals surface area contributed by atoms with Gasteiger partial charge in [-0.3, -0.25) is 0 Å². The van der Waals surface area contributed by atoms with Crippen molar-refractivity contribution < 1.29 is 0 Å². The van der Waals surface area contributed by atoms with Gasteiger partial charge in [0.05, 0.1) is 0 Å². The molecule has 2 rings (SSSR count). The average Bonchev–Trinajstić information content (AvgIpc) is 2.68. The van der Waals surface area contributed by atoms with E-state index in [1.165, 1.54) is 29.3 Å². The Kier molecular flexibility index (Phi) is 4.04. The van der Waals surface area contributed by atoms with Gasteiger partial charge < -0.3 is 5.73 Å². The lowest BCUT2D eigenvalue weighted by atomic mass is 9.87. The van der Waals surface area contributed by atoms with E-state index in [-0.39, 0.29) is 0 Å². The van der Waals surface area contributed by atoms with Gasteiger partial charge in [0.25, 0.3) is 0 Å². The Labute approximate surface area is 107 Å². The molecule has 0 heterocycles. The van der Waals surface area contributed by atoms with Crippen LogP contribution in [0.2, 0.25) is 0 Å². The highest BCUT2D eigenvalue weighted by Crippen LogP contribution is 2.34. The van der Waals surface area contributed by atoms with E-state index in [4.69, 9.17) is 5.73 Å². The third kappa shape index (κ3) is 2.67. The van der Waals surface area contributed by atoms with Crippen LogP contribution in [0.25, 0.3) is 0 Å². The SMILES string of the molecule is CC1CCCC1C(N)Cc1ccccc1Br. The summed E-state index contributed by atoms with van der Waals surface area (Å²) in [7, 11) is 0. The summed E-state index contributed by atoms with van der Waals surface area (Å²) in [4.78, 5) is 0. The minimum absolute atomic E-state index is 0.316. The number of hydrogen-bond donors (Lipinski definition) is 1. The van der Waals surface area contributed by atoms with Crippen LogP contribution in [0.1, 0.15) is 31.7 Å². The van der Waals surface area contributed by atoms with Crippen molar-refractivity contribution in [2.45, 2.75) is 38.6 Å². The molecule has 3 atom stereocenters. The first kappa shape index (κ1) is 12.1. The van der Waals surface area contributed by atoms with Crippen LogP contribution in [0.3, 0.4) is 0 Å². The molecule has 0 amide bonds. The van der Waals surface area contributed by atoms with Crippen molar-refractivity contribution in [3.05, 3.63) is 34.3 Å². The maximum atomic E-state index is 6.35. The number of hydrogen-bond acceptors (Lipinski definition) is 1. The van der Waals surface area contributed by atoms with Crippen LogP contribution >= 0.6 is 15.9 Å². The van der Waals surface area contributed by atoms with Gasteiger partial charge in [0.2, 0.25) is 0 Å². The lowest BCUT2D eigenvalue weighted by Gasteiger charge is -2.23. The topological polar surface area (TPSA) is 26.0 Å². The zero-order chi connectivity index (χ0) is 11.5. The highest BCUT2D eigenvalue weighted by atomic mass is 79.9. The van der Waals surface area contributed by atoms with Gasteiger partial charge in [0.1, 0.15) is 0 Å². The summed E-state index contributed by atoms with van der Waals surface area (Å²) in [5, 5.41) is 0. The Balaban J connectivity index is 2.02. The van der Waals surface area contributed by atoms with Gasteiger partial charge >= 0.3 is 0 Å². The average molecular weight is 282 g/mol. The van der Waals surface area contributed by atoms with Gasteiger partial charge in [-0.1, -0.05) is 53.9 Å². The van der Waals surface area contributed by atoms with Crippen LogP contribution in [0.4, 0.5) is 0 Å². The van der Waals surface area contributed by atoms with Gasteiger partial charge in [-0.25, -0.2) is 0 Å². The summed E-state index contributed by atoms with van der Waals surface area (Å²) < 4.78 is 1.19. The largest absolute Gasteiger partial charge is 0.327 e. The minimum atomic E-state index is 0.316. The van der Waals surface area contributed by atoms with Crippen LogP contribution in [0.5, 0.6) is 0 Å². The number of halogens is 1. The normalized spacial score (nSPS) is 26.9. The molecule has 3 unspecified atom stereocenters. The molecule has 2 N–H and O–H groups in total. The summed E-state index contributed by atoms with van der Waals surface area (Å²) >= 11 is 3.59. The van der Waals surface area contributed by atoms with Crippen molar-refractivity contribution in [3.8, 4) is 0 Å². The third-order valence-electron chi connectivity index (χ3n) is 3.89. The monoisotopic (exact) mass is 281 g/mol. The van der Waals surface area contributed by atoms with E-state index in [1.54, 1.807) is 0 Å². The van der Waals surface area contributed by atoms with Crippen molar-refractivity contribution in [3.63, 3.8) is 0 Å². The molecule has 88 valence electrons. The second-order valence-corrected chi connectivity index (χ2v) is 5.89. The zero-order valence-corrected chi connectivity index (χ0v) is 11.4. The van der Waals surface area contributed by atoms with Gasteiger partial charge in [0.15, 0.2) is 0 Å². The Morgan fingerprint density at radius 2 is 2.12 bits per heavy atom. The van der Waals surface area contributed by atoms with E-state index in [9.17, 15) is 0 Å². The Hall–Kier alpha value is -0.340. The fourth-order valence-electron chi connectivity index (χ4n) is 2.88. The van der Waals surface area contributed by atoms with Gasteiger partial charge in [0, 0.05) is 10.5 Å². The molecule has 0 aliphatic heterocycles. The molecular weight excluding hydrogens is 262 g/mol. The molecule has 1 fully saturated rings. The van der Waals surface area contributed by atoms with Crippen molar-refractivity contribution in [2.24, 2.45) is 17.6 Å². The first-order chi connectivity index (χ1) is 7.68. The first-order valence-electron chi connectivity index (χ1n) is 6.17. The van der Waals surface area contributed by atoms with Crippen LogP contribution < -0.4 is 5.73 Å². The molecule has 2 heteroatoms. The molecule has 0 aromatic heterocycles. The lowest BCUT2D eigenvalue weighted by Crippen LogP contribution is -2.33. The molecule has 1 aliphatic rings. The molecule has 16 heavy (non-hydrogen) atoms. The van der Waals surface area contributed by atoms with E-state index in [0.717, 1.165) is 12.3 Å². The Morgan fingerprint density at radius 3 is 2.75 bits per heavy atom. The van der Waals surface area contributed by atoms with Crippen molar-refractivity contribution >= 4 is 15.9 Å². The second-order valence-electron chi connectivity index (χ2n) is 5.03. The van der Waals surface area contributed by atoms with E-state index in [0.29, 0.717) is 12.0 Å². The van der Waals surface area contributed by atoms with Gasteiger partial charge in [-0.2, -0.15) is 0 Å². The fraction of sp³-hybridized carbons (Fsp3) is 0.571. The van der Waals surface area contributed by atoms with Crippen molar-refractivity contribution in [2.75, 3.05) is 0 Å². The smallest absolute Gasteiger partial charge is 0.0207 e. The summed E-state index contributed by atoms with van der Waals surface area (Å²) in [5.41, 5.74) is 7.69. The number of rotatable bonds is 3. The Morgan fingerprint density at radius 1 is 1.38 bits per heavy atom. The third-order valence-corrected chi connectivity index (χ3v) is 4.66. The summed E-state index contributed by atoms with van der Waals surface area (Å²) in [6, 6.07) is 8.72. The first-order valence-corrected chi connectivity index (χ1v) is 6.96. The van der Waals surface area contributed by atoms with Crippen LogP contribution in [-0.2, 0) is 6.42 Å². The zero-order valence-electron chi connectivity index (χ0n) is 9.83. The quantitative estimate of drug-likeness (QED) is 0.897. The van der Waals surface area contributed by atoms with Crippen molar-refractivity contribution in [1.82, 2.24) is 0 Å². The van der Waals surface area contributed by atoms with Crippen LogP contribution in [-0.4, -0.2) is 6.04 Å². The number of benzene rings is 1. The minimum Gasteiger partial charge on any atom is -0.327 e. The molecule has 1 nitrogen and oxygen atoms in total. The number of nitrogens with two attached hydrogens (primary N) is 1. The summed E-state index contributed by atoms with van der Waals surface area (Å²) in [6.07, 6.45) is 5.02. The maximum Gasteiger partial charge on any atom is 0.0207 e. The summed E-state index contributed by atoms with van der Waals surface area (Å²) in [5.74, 6) is 1.52. The molecule has 1 aromatic rings. The predicted octanol–water partition coefficient (Wildman–Crippen LogP) is 3.76. The lowest BCUT2D eigenvalue weighted by molar-refractivity contribution is 0.343. The van der Waals surface area contributed by atoms with Gasteiger partial charge in [-0.15, -0.1) is 0 Å². The van der Waals surface area contributed by atoms with E-state index in [1.807, 2.05) is 0 Å². The molecule has 0 radical (unpaired) electrons. The highest BCUT2D eigenvalue weighted by molar-refractivity contribution is 9.10. The van der Waals surface area contributed by atoms with E-state index >= 15 is 0 Å². The predicted molar refractivity (Wildman–Crippen MR) is 72.3 cm³/mol. The maximum absolute atomic E-state index is 6.35. The fourth-order valence-corrected chi connectivity index (χ4v) is 3.33. The molecule has 1 saturated carbocycles. The molecule has 1 aromatic carbocycles. The van der Waals surface area contributed by atoms with Crippen LogP contribution in [0.15, 0.2) is 28.7 Å². The van der Waals surface area contributed by atoms with Gasteiger partial charge in [-0.05, 0) is 36.3 Å². The Bertz CT molecular complexity index is 350. The second kappa shape index (κ2) is 5.33. The van der Waals surface area contributed by atoms with E-state index in [2.05, 4.69) is 47.1 Å². The molecule has 0 saturated heterocycles. The summed E-state index contributed by atoms with van der Waals surface area (Å²) in [6.45, 7) is 2.34. The van der Waals surface area contributed by atoms with Crippen LogP contribution in [0, 0.1) is 11.8 Å².